The molecular formula is C14H20N2O2. The number of nitrogens with zero attached hydrogens (tertiary/aromatic N) is 2. The largest absolute Gasteiger partial charge is 0.389 e. The molecule has 0 saturated carbocycles. The minimum Gasteiger partial charge on any atom is -0.389 e. The molecule has 1 N–H and O–H groups in total. The van der Waals surface area contributed by atoms with Gasteiger partial charge in [0.25, 0.3) is 0 Å². The van der Waals surface area contributed by atoms with Gasteiger partial charge in [-0.05, 0) is 38.5 Å². The summed E-state index contributed by atoms with van der Waals surface area (Å²) < 4.78 is 0. The van der Waals surface area contributed by atoms with E-state index in [0.29, 0.717) is 13.1 Å². The number of aromatic nitrogens is 1. The number of amides is 1. The molecule has 0 atom stereocenters. The molecule has 1 aromatic heterocycles. The average Bonchev–Trinajstić information content (AvgIpc) is 2.33. The van der Waals surface area contributed by atoms with E-state index in [2.05, 4.69) is 4.98 Å². The lowest BCUT2D eigenvalue weighted by molar-refractivity contribution is -0.128. The third-order valence-electron chi connectivity index (χ3n) is 2.37. The van der Waals surface area contributed by atoms with Crippen molar-refractivity contribution in [3.63, 3.8) is 0 Å². The highest BCUT2D eigenvalue weighted by Gasteiger charge is 2.19. The maximum absolute atomic E-state index is 11.9. The summed E-state index contributed by atoms with van der Waals surface area (Å²) in [5.74, 6) is -0.108. The number of rotatable bonds is 5. The summed E-state index contributed by atoms with van der Waals surface area (Å²) in [4.78, 5) is 17.5. The van der Waals surface area contributed by atoms with Crippen LogP contribution in [0, 0.1) is 0 Å². The smallest absolute Gasteiger partial charge is 0.246 e. The van der Waals surface area contributed by atoms with Crippen molar-refractivity contribution in [2.45, 2.75) is 26.4 Å². The van der Waals surface area contributed by atoms with E-state index in [1.165, 1.54) is 6.08 Å². The van der Waals surface area contributed by atoms with Crippen LogP contribution in [0.1, 0.15) is 26.3 Å². The topological polar surface area (TPSA) is 53.4 Å². The van der Waals surface area contributed by atoms with Crippen LogP contribution in [-0.2, 0) is 4.79 Å². The van der Waals surface area contributed by atoms with Crippen molar-refractivity contribution in [3.05, 3.63) is 36.2 Å². The Morgan fingerprint density at radius 3 is 2.78 bits per heavy atom. The van der Waals surface area contributed by atoms with Crippen molar-refractivity contribution in [1.29, 1.82) is 0 Å². The molecule has 1 heterocycles. The van der Waals surface area contributed by atoms with Gasteiger partial charge in [-0.3, -0.25) is 9.78 Å². The SMILES string of the molecule is CCN(CC(C)(C)O)C(=O)C=Cc1cccnc1. The molecule has 4 heteroatoms. The fourth-order valence-electron chi connectivity index (χ4n) is 1.56. The number of hydrogen-bond donors (Lipinski definition) is 1. The van der Waals surface area contributed by atoms with Gasteiger partial charge in [0.2, 0.25) is 5.91 Å². The minimum atomic E-state index is -0.881. The zero-order chi connectivity index (χ0) is 13.6. The summed E-state index contributed by atoms with van der Waals surface area (Å²) in [7, 11) is 0. The van der Waals surface area contributed by atoms with Crippen LogP contribution in [0.4, 0.5) is 0 Å². The molecule has 0 bridgehead atoms. The van der Waals surface area contributed by atoms with Gasteiger partial charge >= 0.3 is 0 Å². The Morgan fingerprint density at radius 1 is 1.56 bits per heavy atom. The summed E-state index contributed by atoms with van der Waals surface area (Å²) in [6.07, 6.45) is 6.61. The molecule has 0 spiro atoms. The van der Waals surface area contributed by atoms with Crippen LogP contribution in [0.2, 0.25) is 0 Å². The van der Waals surface area contributed by atoms with Crippen LogP contribution in [0.25, 0.3) is 6.08 Å². The van der Waals surface area contributed by atoms with Crippen molar-refractivity contribution in [1.82, 2.24) is 9.88 Å². The summed E-state index contributed by atoms with van der Waals surface area (Å²) in [5, 5.41) is 9.73. The van der Waals surface area contributed by atoms with Gasteiger partial charge in [0.15, 0.2) is 0 Å². The van der Waals surface area contributed by atoms with Crippen molar-refractivity contribution in [2.24, 2.45) is 0 Å². The van der Waals surface area contributed by atoms with Crippen molar-refractivity contribution in [2.75, 3.05) is 13.1 Å². The molecule has 0 aliphatic heterocycles. The first-order valence-electron chi connectivity index (χ1n) is 6.02. The highest BCUT2D eigenvalue weighted by atomic mass is 16.3. The molecule has 0 saturated heterocycles. The van der Waals surface area contributed by atoms with E-state index < -0.39 is 5.60 Å². The molecule has 0 aliphatic rings. The van der Waals surface area contributed by atoms with Crippen LogP contribution >= 0.6 is 0 Å². The molecule has 0 unspecified atom stereocenters. The van der Waals surface area contributed by atoms with E-state index in [4.69, 9.17) is 0 Å². The summed E-state index contributed by atoms with van der Waals surface area (Å²) in [6, 6.07) is 3.70. The quantitative estimate of drug-likeness (QED) is 0.807. The van der Waals surface area contributed by atoms with Crippen LogP contribution in [0.5, 0.6) is 0 Å². The van der Waals surface area contributed by atoms with Crippen LogP contribution < -0.4 is 0 Å². The molecule has 0 aliphatic carbocycles. The molecule has 4 nitrogen and oxygen atoms in total. The first-order valence-corrected chi connectivity index (χ1v) is 6.02. The van der Waals surface area contributed by atoms with E-state index in [0.717, 1.165) is 5.56 Å². The van der Waals surface area contributed by atoms with Crippen molar-refractivity contribution >= 4 is 12.0 Å². The first-order chi connectivity index (χ1) is 8.42. The van der Waals surface area contributed by atoms with Crippen LogP contribution in [0.3, 0.4) is 0 Å². The Morgan fingerprint density at radius 2 is 2.28 bits per heavy atom. The third-order valence-corrected chi connectivity index (χ3v) is 2.37. The monoisotopic (exact) mass is 248 g/mol. The van der Waals surface area contributed by atoms with Gasteiger partial charge < -0.3 is 10.0 Å². The molecule has 98 valence electrons. The lowest BCUT2D eigenvalue weighted by Gasteiger charge is -2.27. The van der Waals surface area contributed by atoms with E-state index in [1.807, 2.05) is 19.1 Å². The zero-order valence-corrected chi connectivity index (χ0v) is 11.1. The number of carbonyl (C=O) groups is 1. The predicted octanol–water partition coefficient (Wildman–Crippen LogP) is 1.71. The van der Waals surface area contributed by atoms with Crippen LogP contribution in [0.15, 0.2) is 30.6 Å². The van der Waals surface area contributed by atoms with E-state index in [9.17, 15) is 9.90 Å². The van der Waals surface area contributed by atoms with Crippen molar-refractivity contribution in [3.8, 4) is 0 Å². The molecule has 1 rings (SSSR count). The van der Waals surface area contributed by atoms with Crippen molar-refractivity contribution < 1.29 is 9.90 Å². The Kier molecular flexibility index (Phi) is 5.04. The van der Waals surface area contributed by atoms with Gasteiger partial charge in [-0.25, -0.2) is 0 Å². The molecular weight excluding hydrogens is 228 g/mol. The summed E-state index contributed by atoms with van der Waals surface area (Å²) >= 11 is 0. The Hall–Kier alpha value is -1.68. The summed E-state index contributed by atoms with van der Waals surface area (Å²) in [6.45, 7) is 6.16. The minimum absolute atomic E-state index is 0.108. The predicted molar refractivity (Wildman–Crippen MR) is 71.8 cm³/mol. The molecule has 0 aromatic carbocycles. The Balaban J connectivity index is 2.66. The van der Waals surface area contributed by atoms with Gasteiger partial charge in [-0.1, -0.05) is 6.07 Å². The lowest BCUT2D eigenvalue weighted by atomic mass is 10.1. The zero-order valence-electron chi connectivity index (χ0n) is 11.1. The maximum Gasteiger partial charge on any atom is 0.246 e. The van der Waals surface area contributed by atoms with E-state index in [1.54, 1.807) is 37.2 Å². The second kappa shape index (κ2) is 6.31. The van der Waals surface area contributed by atoms with E-state index >= 15 is 0 Å². The highest BCUT2D eigenvalue weighted by molar-refractivity contribution is 5.91. The average molecular weight is 248 g/mol. The molecule has 1 aromatic rings. The Bertz CT molecular complexity index is 408. The van der Waals surface area contributed by atoms with Crippen LogP contribution in [-0.4, -0.2) is 39.6 Å². The molecule has 1 amide bonds. The number of carbonyl (C=O) groups excluding carboxylic acids is 1. The maximum atomic E-state index is 11.9. The van der Waals surface area contributed by atoms with E-state index in [-0.39, 0.29) is 5.91 Å². The van der Waals surface area contributed by atoms with Gasteiger partial charge in [-0.15, -0.1) is 0 Å². The normalized spacial score (nSPS) is 11.8. The highest BCUT2D eigenvalue weighted by Crippen LogP contribution is 2.06. The Labute approximate surface area is 108 Å². The van der Waals surface area contributed by atoms with Gasteiger partial charge in [0, 0.05) is 31.6 Å². The third kappa shape index (κ3) is 5.10. The summed E-state index contributed by atoms with van der Waals surface area (Å²) in [5.41, 5.74) is -0.00136. The fourth-order valence-corrected chi connectivity index (χ4v) is 1.56. The lowest BCUT2D eigenvalue weighted by Crippen LogP contribution is -2.41. The number of likely N-dealkylation sites (N-methyl/N-ethyl adjacent to an activating group) is 1. The molecule has 0 fully saturated rings. The van der Waals surface area contributed by atoms with Gasteiger partial charge in [-0.2, -0.15) is 0 Å². The van der Waals surface area contributed by atoms with Gasteiger partial charge in [0.05, 0.1) is 5.60 Å². The first kappa shape index (κ1) is 14.4. The number of aliphatic hydroxyl groups is 1. The number of hydrogen-bond acceptors (Lipinski definition) is 3. The standard InChI is InChI=1S/C14H20N2O2/c1-4-16(11-14(2,3)18)13(17)8-7-12-6-5-9-15-10-12/h5-10,18H,4,11H2,1-3H3. The number of pyridine rings is 1. The second-order valence-electron chi connectivity index (χ2n) is 4.78. The molecule has 0 radical (unpaired) electrons. The second-order valence-corrected chi connectivity index (χ2v) is 4.78. The molecule has 18 heavy (non-hydrogen) atoms. The van der Waals surface area contributed by atoms with Gasteiger partial charge in [0.1, 0.15) is 0 Å². The fraction of sp³-hybridized carbons (Fsp3) is 0.429.